The first-order chi connectivity index (χ1) is 7.63. The first-order valence-electron chi connectivity index (χ1n) is 4.87. The molecule has 1 unspecified atom stereocenters. The van der Waals surface area contributed by atoms with E-state index in [0.717, 1.165) is 5.69 Å². The molecule has 16 heavy (non-hydrogen) atoms. The lowest BCUT2D eigenvalue weighted by Gasteiger charge is -2.12. The predicted octanol–water partition coefficient (Wildman–Crippen LogP) is -0.0258. The molecule has 0 aromatic carbocycles. The van der Waals surface area contributed by atoms with Crippen LogP contribution in [0.3, 0.4) is 0 Å². The minimum Gasteiger partial charge on any atom is -0.480 e. The predicted molar refractivity (Wildman–Crippen MR) is 56.9 cm³/mol. The van der Waals surface area contributed by atoms with E-state index in [-0.39, 0.29) is 6.61 Å². The van der Waals surface area contributed by atoms with Crippen LogP contribution in [-0.4, -0.2) is 40.8 Å². The molecule has 0 aliphatic rings. The van der Waals surface area contributed by atoms with E-state index < -0.39 is 12.0 Å². The van der Waals surface area contributed by atoms with Crippen LogP contribution in [0.4, 0.5) is 0 Å². The normalized spacial score (nSPS) is 12.4. The molecule has 1 aromatic heterocycles. The average Bonchev–Trinajstić information content (AvgIpc) is 2.24. The third kappa shape index (κ3) is 3.92. The molecule has 6 nitrogen and oxygen atoms in total. The zero-order valence-electron chi connectivity index (χ0n) is 9.30. The van der Waals surface area contributed by atoms with E-state index >= 15 is 0 Å². The Kier molecular flexibility index (Phi) is 4.81. The highest BCUT2D eigenvalue weighted by Gasteiger charge is 2.16. The number of carboxylic acids is 1. The monoisotopic (exact) mass is 225 g/mol. The summed E-state index contributed by atoms with van der Waals surface area (Å²) in [6, 6.07) is 1.02. The maximum Gasteiger partial charge on any atom is 0.323 e. The number of aryl methyl sites for hydroxylation is 1. The van der Waals surface area contributed by atoms with Crippen LogP contribution in [0.5, 0.6) is 0 Å². The highest BCUT2D eigenvalue weighted by molar-refractivity contribution is 5.73. The zero-order chi connectivity index (χ0) is 12.0. The van der Waals surface area contributed by atoms with Crippen LogP contribution in [0.1, 0.15) is 11.5 Å². The van der Waals surface area contributed by atoms with Gasteiger partial charge in [-0.3, -0.25) is 10.1 Å². The van der Waals surface area contributed by atoms with Gasteiger partial charge >= 0.3 is 5.97 Å². The molecule has 0 aliphatic heterocycles. The quantitative estimate of drug-likeness (QED) is 0.707. The molecule has 1 heterocycles. The summed E-state index contributed by atoms with van der Waals surface area (Å²) in [5.41, 5.74) is 0.759. The number of ether oxygens (including phenoxy) is 1. The molecule has 0 amide bonds. The summed E-state index contributed by atoms with van der Waals surface area (Å²) in [6.45, 7) is 2.29. The fourth-order valence-corrected chi connectivity index (χ4v) is 1.22. The summed E-state index contributed by atoms with van der Waals surface area (Å²) in [7, 11) is 1.46. The van der Waals surface area contributed by atoms with E-state index in [9.17, 15) is 4.79 Å². The Bertz CT molecular complexity index is 357. The van der Waals surface area contributed by atoms with Crippen LogP contribution in [0.25, 0.3) is 0 Å². The molecular formula is C10H15N3O3. The Hall–Kier alpha value is -1.53. The van der Waals surface area contributed by atoms with Crippen molar-refractivity contribution in [1.29, 1.82) is 0 Å². The molecule has 0 saturated carbocycles. The Balaban J connectivity index is 2.51. The van der Waals surface area contributed by atoms with Crippen LogP contribution in [0.15, 0.2) is 12.3 Å². The summed E-state index contributed by atoms with van der Waals surface area (Å²) in [5.74, 6) is -0.273. The molecule has 0 spiro atoms. The zero-order valence-corrected chi connectivity index (χ0v) is 9.30. The van der Waals surface area contributed by atoms with Crippen molar-refractivity contribution in [3.63, 3.8) is 0 Å². The lowest BCUT2D eigenvalue weighted by Crippen LogP contribution is -2.40. The van der Waals surface area contributed by atoms with Crippen molar-refractivity contribution in [1.82, 2.24) is 15.3 Å². The minimum absolute atomic E-state index is 0.124. The van der Waals surface area contributed by atoms with Gasteiger partial charge in [-0.1, -0.05) is 0 Å². The minimum atomic E-state index is -0.937. The van der Waals surface area contributed by atoms with Crippen LogP contribution < -0.4 is 5.32 Å². The fourth-order valence-electron chi connectivity index (χ4n) is 1.22. The van der Waals surface area contributed by atoms with Gasteiger partial charge in [-0.15, -0.1) is 0 Å². The van der Waals surface area contributed by atoms with Gasteiger partial charge in [-0.25, -0.2) is 9.97 Å². The largest absolute Gasteiger partial charge is 0.480 e. The molecule has 1 aromatic rings. The average molecular weight is 225 g/mol. The van der Waals surface area contributed by atoms with Crippen molar-refractivity contribution in [2.75, 3.05) is 13.7 Å². The van der Waals surface area contributed by atoms with E-state index in [0.29, 0.717) is 12.4 Å². The van der Waals surface area contributed by atoms with Gasteiger partial charge < -0.3 is 9.84 Å². The maximum atomic E-state index is 10.8. The number of carbonyl (C=O) groups is 1. The molecule has 0 saturated heterocycles. The third-order valence-electron chi connectivity index (χ3n) is 1.99. The second kappa shape index (κ2) is 6.14. The molecule has 2 N–H and O–H groups in total. The van der Waals surface area contributed by atoms with E-state index in [1.807, 2.05) is 0 Å². The van der Waals surface area contributed by atoms with Crippen LogP contribution in [0.2, 0.25) is 0 Å². The second-order valence-corrected chi connectivity index (χ2v) is 3.32. The van der Waals surface area contributed by atoms with E-state index in [2.05, 4.69) is 15.3 Å². The molecule has 0 fully saturated rings. The Morgan fingerprint density at radius 2 is 2.44 bits per heavy atom. The Labute approximate surface area is 93.7 Å². The Morgan fingerprint density at radius 1 is 1.69 bits per heavy atom. The number of methoxy groups -OCH3 is 1. The van der Waals surface area contributed by atoms with E-state index in [1.54, 1.807) is 19.2 Å². The van der Waals surface area contributed by atoms with Crippen molar-refractivity contribution in [2.24, 2.45) is 0 Å². The van der Waals surface area contributed by atoms with Crippen LogP contribution >= 0.6 is 0 Å². The van der Waals surface area contributed by atoms with E-state index in [1.165, 1.54) is 7.11 Å². The molecule has 0 aliphatic carbocycles. The van der Waals surface area contributed by atoms with Gasteiger partial charge in [0.25, 0.3) is 0 Å². The summed E-state index contributed by atoms with van der Waals surface area (Å²) in [6.07, 6.45) is 1.64. The number of hydrogen-bond donors (Lipinski definition) is 2. The molecule has 0 bridgehead atoms. The van der Waals surface area contributed by atoms with Gasteiger partial charge in [0.2, 0.25) is 0 Å². The van der Waals surface area contributed by atoms with Gasteiger partial charge in [0.15, 0.2) is 0 Å². The van der Waals surface area contributed by atoms with Gasteiger partial charge in [0.05, 0.1) is 12.3 Å². The smallest absolute Gasteiger partial charge is 0.323 e. The lowest BCUT2D eigenvalue weighted by atomic mass is 10.3. The molecule has 88 valence electrons. The second-order valence-electron chi connectivity index (χ2n) is 3.32. The summed E-state index contributed by atoms with van der Waals surface area (Å²) >= 11 is 0. The molecule has 6 heteroatoms. The van der Waals surface area contributed by atoms with Crippen LogP contribution in [-0.2, 0) is 16.1 Å². The van der Waals surface area contributed by atoms with E-state index in [4.69, 9.17) is 9.84 Å². The summed E-state index contributed by atoms with van der Waals surface area (Å²) < 4.78 is 4.80. The SMILES string of the molecule is COCC(NCc1ccnc(C)n1)C(=O)O. The first kappa shape index (κ1) is 12.5. The number of aromatic nitrogens is 2. The van der Waals surface area contributed by atoms with Gasteiger partial charge in [0.1, 0.15) is 11.9 Å². The Morgan fingerprint density at radius 3 is 3.00 bits per heavy atom. The summed E-state index contributed by atoms with van der Waals surface area (Å²) in [5, 5.41) is 11.7. The number of aliphatic carboxylic acids is 1. The van der Waals surface area contributed by atoms with Crippen LogP contribution in [0, 0.1) is 6.92 Å². The van der Waals surface area contributed by atoms with Crippen molar-refractivity contribution in [3.05, 3.63) is 23.8 Å². The van der Waals surface area contributed by atoms with Crippen molar-refractivity contribution >= 4 is 5.97 Å². The van der Waals surface area contributed by atoms with Crippen molar-refractivity contribution in [2.45, 2.75) is 19.5 Å². The molecule has 1 rings (SSSR count). The van der Waals surface area contributed by atoms with Crippen molar-refractivity contribution < 1.29 is 14.6 Å². The standard InChI is InChI=1S/C10H15N3O3/c1-7-11-4-3-8(13-7)5-12-9(6-16-2)10(14)15/h3-4,9,12H,5-6H2,1-2H3,(H,14,15). The number of nitrogens with zero attached hydrogens (tertiary/aromatic N) is 2. The highest BCUT2D eigenvalue weighted by atomic mass is 16.5. The topological polar surface area (TPSA) is 84.3 Å². The number of nitrogens with one attached hydrogen (secondary N) is 1. The lowest BCUT2D eigenvalue weighted by molar-refractivity contribution is -0.140. The number of carboxylic acid groups (broad SMARTS) is 1. The highest BCUT2D eigenvalue weighted by Crippen LogP contribution is 1.95. The molecule has 1 atom stereocenters. The first-order valence-corrected chi connectivity index (χ1v) is 4.87. The fraction of sp³-hybridized carbons (Fsp3) is 0.500. The van der Waals surface area contributed by atoms with Gasteiger partial charge in [-0.2, -0.15) is 0 Å². The maximum absolute atomic E-state index is 10.8. The number of rotatable bonds is 6. The molecular weight excluding hydrogens is 210 g/mol. The summed E-state index contributed by atoms with van der Waals surface area (Å²) in [4.78, 5) is 18.9. The third-order valence-corrected chi connectivity index (χ3v) is 1.99. The van der Waals surface area contributed by atoms with Gasteiger partial charge in [0, 0.05) is 19.9 Å². The van der Waals surface area contributed by atoms with Crippen molar-refractivity contribution in [3.8, 4) is 0 Å². The molecule has 0 radical (unpaired) electrons. The number of hydrogen-bond acceptors (Lipinski definition) is 5. The van der Waals surface area contributed by atoms with Gasteiger partial charge in [-0.05, 0) is 13.0 Å².